The first-order valence-electron chi connectivity index (χ1n) is 10.0. The Morgan fingerprint density at radius 1 is 1.07 bits per heavy atom. The number of carbonyl (C=O) groups is 2. The molecule has 148 valence electrons. The number of carbonyl (C=O) groups excluding carboxylic acids is 2. The maximum Gasteiger partial charge on any atom is 0.290 e. The summed E-state index contributed by atoms with van der Waals surface area (Å²) in [5.41, 5.74) is 3.31. The molecule has 5 rings (SSSR count). The number of nitrogens with one attached hydrogen (secondary N) is 1. The summed E-state index contributed by atoms with van der Waals surface area (Å²) in [6, 6.07) is 13.0. The molecular formula is C22H22N4O3. The predicted octanol–water partition coefficient (Wildman–Crippen LogP) is 3.57. The van der Waals surface area contributed by atoms with Gasteiger partial charge in [0, 0.05) is 18.8 Å². The molecule has 2 amide bonds. The van der Waals surface area contributed by atoms with Crippen molar-refractivity contribution >= 4 is 17.5 Å². The Hall–Kier alpha value is -3.35. The number of benzene rings is 1. The van der Waals surface area contributed by atoms with Gasteiger partial charge in [-0.25, -0.2) is 0 Å². The second-order valence-electron chi connectivity index (χ2n) is 7.53. The van der Waals surface area contributed by atoms with Crippen LogP contribution in [0.2, 0.25) is 0 Å². The van der Waals surface area contributed by atoms with Crippen molar-refractivity contribution in [3.05, 3.63) is 71.4 Å². The van der Waals surface area contributed by atoms with E-state index < -0.39 is 0 Å². The minimum Gasteiger partial charge on any atom is -0.459 e. The second kappa shape index (κ2) is 7.24. The van der Waals surface area contributed by atoms with Crippen LogP contribution in [0.4, 0.5) is 5.69 Å². The summed E-state index contributed by atoms with van der Waals surface area (Å²) in [6.45, 7) is 1.32. The molecule has 0 saturated carbocycles. The van der Waals surface area contributed by atoms with E-state index in [9.17, 15) is 9.59 Å². The van der Waals surface area contributed by atoms with Crippen molar-refractivity contribution in [1.29, 1.82) is 0 Å². The molecule has 0 aliphatic carbocycles. The molecule has 2 aliphatic rings. The minimum atomic E-state index is -0.138. The topological polar surface area (TPSA) is 82.4 Å². The molecular weight excluding hydrogens is 368 g/mol. The maximum atomic E-state index is 13.1. The van der Waals surface area contributed by atoms with Crippen LogP contribution in [0.5, 0.6) is 0 Å². The van der Waals surface area contributed by atoms with Crippen LogP contribution < -0.4 is 4.90 Å². The first kappa shape index (κ1) is 17.7. The van der Waals surface area contributed by atoms with Gasteiger partial charge in [-0.3, -0.25) is 14.7 Å². The molecule has 7 nitrogen and oxygen atoms in total. The van der Waals surface area contributed by atoms with Gasteiger partial charge in [0.1, 0.15) is 0 Å². The number of piperidine rings is 1. The van der Waals surface area contributed by atoms with E-state index in [2.05, 4.69) is 16.3 Å². The third-order valence-electron chi connectivity index (χ3n) is 5.80. The smallest absolute Gasteiger partial charge is 0.290 e. The lowest BCUT2D eigenvalue weighted by Gasteiger charge is -2.34. The summed E-state index contributed by atoms with van der Waals surface area (Å²) >= 11 is 0. The zero-order valence-corrected chi connectivity index (χ0v) is 16.0. The number of H-pyrrole nitrogens is 1. The van der Waals surface area contributed by atoms with Crippen LogP contribution in [0.15, 0.2) is 53.1 Å². The third-order valence-corrected chi connectivity index (χ3v) is 5.80. The lowest BCUT2D eigenvalue weighted by Crippen LogP contribution is -2.38. The lowest BCUT2D eigenvalue weighted by molar-refractivity contribution is 0.0573. The molecule has 1 atom stereocenters. The summed E-state index contributed by atoms with van der Waals surface area (Å²) in [5, 5.41) is 7.30. The highest BCUT2D eigenvalue weighted by Gasteiger charge is 2.33. The van der Waals surface area contributed by atoms with Gasteiger partial charge >= 0.3 is 0 Å². The average Bonchev–Trinajstić information content (AvgIpc) is 3.53. The van der Waals surface area contributed by atoms with Crippen molar-refractivity contribution in [2.75, 3.05) is 18.0 Å². The highest BCUT2D eigenvalue weighted by Crippen LogP contribution is 2.33. The molecule has 2 aromatic heterocycles. The first-order valence-corrected chi connectivity index (χ1v) is 10.0. The maximum absolute atomic E-state index is 13.1. The Bertz CT molecular complexity index is 1040. The predicted molar refractivity (Wildman–Crippen MR) is 107 cm³/mol. The Morgan fingerprint density at radius 2 is 1.97 bits per heavy atom. The van der Waals surface area contributed by atoms with Crippen LogP contribution in [0.1, 0.15) is 57.6 Å². The zero-order valence-electron chi connectivity index (χ0n) is 16.0. The summed E-state index contributed by atoms with van der Waals surface area (Å²) in [7, 11) is 0. The number of hydrogen-bond donors (Lipinski definition) is 1. The number of nitrogens with zero attached hydrogens (tertiary/aromatic N) is 3. The van der Waals surface area contributed by atoms with Crippen LogP contribution >= 0.6 is 0 Å². The summed E-state index contributed by atoms with van der Waals surface area (Å²) in [6.07, 6.45) is 5.16. The van der Waals surface area contributed by atoms with Crippen molar-refractivity contribution in [2.45, 2.75) is 31.7 Å². The molecule has 2 aliphatic heterocycles. The van der Waals surface area contributed by atoms with E-state index in [-0.39, 0.29) is 17.9 Å². The van der Waals surface area contributed by atoms with Crippen LogP contribution in [0.25, 0.3) is 0 Å². The molecule has 3 aromatic rings. The second-order valence-corrected chi connectivity index (χ2v) is 7.53. The number of fused-ring (bicyclic) bond motifs is 1. The fraction of sp³-hybridized carbons (Fsp3) is 0.318. The summed E-state index contributed by atoms with van der Waals surface area (Å²) in [5.74, 6) is 0.0919. The number of aromatic amines is 1. The van der Waals surface area contributed by atoms with Gasteiger partial charge in [-0.2, -0.15) is 5.10 Å². The Labute approximate surface area is 168 Å². The normalized spacial score (nSPS) is 18.7. The first-order chi connectivity index (χ1) is 14.2. The van der Waals surface area contributed by atoms with E-state index in [0.29, 0.717) is 24.5 Å². The molecule has 0 bridgehead atoms. The molecule has 1 saturated heterocycles. The molecule has 1 aromatic carbocycles. The lowest BCUT2D eigenvalue weighted by atomic mass is 9.98. The van der Waals surface area contributed by atoms with E-state index in [0.717, 1.165) is 37.1 Å². The van der Waals surface area contributed by atoms with Crippen molar-refractivity contribution in [3.63, 3.8) is 0 Å². The summed E-state index contributed by atoms with van der Waals surface area (Å²) in [4.78, 5) is 29.5. The van der Waals surface area contributed by atoms with Crippen LogP contribution in [-0.4, -0.2) is 40.0 Å². The number of aromatic nitrogens is 2. The summed E-state index contributed by atoms with van der Waals surface area (Å²) < 4.78 is 5.30. The van der Waals surface area contributed by atoms with Crippen molar-refractivity contribution in [3.8, 4) is 0 Å². The van der Waals surface area contributed by atoms with E-state index in [1.165, 1.54) is 11.8 Å². The van der Waals surface area contributed by atoms with Gasteiger partial charge in [0.05, 0.1) is 18.0 Å². The molecule has 1 unspecified atom stereocenters. The Morgan fingerprint density at radius 3 is 2.83 bits per heavy atom. The number of likely N-dealkylation sites (tertiary alicyclic amines) is 1. The van der Waals surface area contributed by atoms with Crippen LogP contribution in [0.3, 0.4) is 0 Å². The fourth-order valence-electron chi connectivity index (χ4n) is 4.34. The molecule has 4 heterocycles. The molecule has 0 spiro atoms. The van der Waals surface area contributed by atoms with Gasteiger partial charge in [-0.05, 0) is 55.5 Å². The van der Waals surface area contributed by atoms with Gasteiger partial charge in [-0.1, -0.05) is 18.2 Å². The number of anilines is 1. The van der Waals surface area contributed by atoms with Crippen LogP contribution in [-0.2, 0) is 6.42 Å². The number of amides is 2. The van der Waals surface area contributed by atoms with Crippen molar-refractivity contribution < 1.29 is 14.0 Å². The SMILES string of the molecule is O=C(c1cc(C2CCCCN2C(=O)c2ccco2)[nH]n1)N1CCc2ccccc21. The van der Waals surface area contributed by atoms with E-state index >= 15 is 0 Å². The highest BCUT2D eigenvalue weighted by molar-refractivity contribution is 6.06. The van der Waals surface area contributed by atoms with E-state index in [4.69, 9.17) is 4.42 Å². The molecule has 7 heteroatoms. The molecule has 29 heavy (non-hydrogen) atoms. The monoisotopic (exact) mass is 390 g/mol. The molecule has 1 fully saturated rings. The third kappa shape index (κ3) is 3.12. The number of furan rings is 1. The van der Waals surface area contributed by atoms with Crippen LogP contribution in [0, 0.1) is 0 Å². The quantitative estimate of drug-likeness (QED) is 0.741. The largest absolute Gasteiger partial charge is 0.459 e. The van der Waals surface area contributed by atoms with Gasteiger partial charge in [0.15, 0.2) is 11.5 Å². The zero-order chi connectivity index (χ0) is 19.8. The Balaban J connectivity index is 1.39. The van der Waals surface area contributed by atoms with Gasteiger partial charge in [0.25, 0.3) is 11.8 Å². The van der Waals surface area contributed by atoms with Gasteiger partial charge in [0.2, 0.25) is 0 Å². The number of rotatable bonds is 3. The Kier molecular flexibility index (Phi) is 4.42. The number of para-hydroxylation sites is 1. The standard InChI is InChI=1S/C22H22N4O3/c27-21(26-12-10-15-6-1-2-7-18(15)26)17-14-16(23-24-17)19-8-3-4-11-25(19)22(28)20-9-5-13-29-20/h1-2,5-7,9,13-14,19H,3-4,8,10-12H2,(H,23,24). The number of hydrogen-bond acceptors (Lipinski definition) is 4. The van der Waals surface area contributed by atoms with Gasteiger partial charge < -0.3 is 14.2 Å². The van der Waals surface area contributed by atoms with Gasteiger partial charge in [-0.15, -0.1) is 0 Å². The van der Waals surface area contributed by atoms with Crippen molar-refractivity contribution in [1.82, 2.24) is 15.1 Å². The van der Waals surface area contributed by atoms with E-state index in [1.54, 1.807) is 23.1 Å². The highest BCUT2D eigenvalue weighted by atomic mass is 16.3. The molecule has 0 radical (unpaired) electrons. The van der Waals surface area contributed by atoms with E-state index in [1.807, 2.05) is 23.1 Å². The minimum absolute atomic E-state index is 0.114. The molecule has 1 N–H and O–H groups in total. The average molecular weight is 390 g/mol. The van der Waals surface area contributed by atoms with Crippen molar-refractivity contribution in [2.24, 2.45) is 0 Å². The fourth-order valence-corrected chi connectivity index (χ4v) is 4.34.